The molecule has 0 saturated heterocycles. The van der Waals surface area contributed by atoms with Crippen LogP contribution in [0.4, 0.5) is 5.13 Å². The molecule has 74 valence electrons. The number of anilines is 1. The summed E-state index contributed by atoms with van der Waals surface area (Å²) < 4.78 is 0.900. The van der Waals surface area contributed by atoms with Crippen molar-refractivity contribution in [3.8, 4) is 0 Å². The molecule has 1 rings (SSSR count). The lowest BCUT2D eigenvalue weighted by Crippen LogP contribution is -2.29. The SMILES string of the molecule is CC(CN(C)C)Nc1nc(Br)cs1. The van der Waals surface area contributed by atoms with E-state index in [1.165, 1.54) is 0 Å². The van der Waals surface area contributed by atoms with Crippen molar-refractivity contribution in [2.24, 2.45) is 0 Å². The Hall–Kier alpha value is -0.130. The Bertz CT molecular complexity index is 262. The third-order valence-corrected chi connectivity index (χ3v) is 2.97. The summed E-state index contributed by atoms with van der Waals surface area (Å²) in [7, 11) is 4.13. The molecule has 1 aromatic rings. The highest BCUT2D eigenvalue weighted by molar-refractivity contribution is 9.10. The molecule has 1 aromatic heterocycles. The van der Waals surface area contributed by atoms with Gasteiger partial charge in [0.1, 0.15) is 4.60 Å². The molecule has 1 heterocycles. The molecule has 0 bridgehead atoms. The number of hydrogen-bond donors (Lipinski definition) is 1. The topological polar surface area (TPSA) is 28.2 Å². The normalized spacial score (nSPS) is 13.3. The number of rotatable bonds is 4. The minimum atomic E-state index is 0.424. The molecule has 1 atom stereocenters. The Morgan fingerprint density at radius 1 is 1.69 bits per heavy atom. The molecule has 3 nitrogen and oxygen atoms in total. The number of halogens is 1. The number of thiazole rings is 1. The maximum atomic E-state index is 4.26. The molecule has 0 aliphatic rings. The van der Waals surface area contributed by atoms with E-state index >= 15 is 0 Å². The van der Waals surface area contributed by atoms with Crippen molar-refractivity contribution in [1.82, 2.24) is 9.88 Å². The number of nitrogens with zero attached hydrogens (tertiary/aromatic N) is 2. The smallest absolute Gasteiger partial charge is 0.183 e. The van der Waals surface area contributed by atoms with Crippen LogP contribution in [0.25, 0.3) is 0 Å². The summed E-state index contributed by atoms with van der Waals surface area (Å²) in [6.07, 6.45) is 0. The van der Waals surface area contributed by atoms with Gasteiger partial charge < -0.3 is 10.2 Å². The van der Waals surface area contributed by atoms with Gasteiger partial charge in [-0.1, -0.05) is 0 Å². The van der Waals surface area contributed by atoms with Gasteiger partial charge in [-0.3, -0.25) is 0 Å². The highest BCUT2D eigenvalue weighted by Crippen LogP contribution is 2.19. The fourth-order valence-electron chi connectivity index (χ4n) is 1.12. The van der Waals surface area contributed by atoms with Crippen molar-refractivity contribution in [2.45, 2.75) is 13.0 Å². The third kappa shape index (κ3) is 4.06. The first-order chi connectivity index (χ1) is 6.08. The molecule has 1 unspecified atom stereocenters. The second kappa shape index (κ2) is 4.93. The first-order valence-corrected chi connectivity index (χ1v) is 5.77. The lowest BCUT2D eigenvalue weighted by atomic mass is 10.3. The minimum Gasteiger partial charge on any atom is -0.358 e. The van der Waals surface area contributed by atoms with Crippen molar-refractivity contribution >= 4 is 32.4 Å². The quantitative estimate of drug-likeness (QED) is 0.904. The van der Waals surface area contributed by atoms with Crippen LogP contribution < -0.4 is 5.32 Å². The zero-order valence-corrected chi connectivity index (χ0v) is 10.4. The molecule has 0 aliphatic carbocycles. The standard InChI is InChI=1S/C8H14BrN3S/c1-6(4-12(2)3)10-8-11-7(9)5-13-8/h5-6H,4H2,1-3H3,(H,10,11). The Balaban J connectivity index is 2.40. The van der Waals surface area contributed by atoms with Gasteiger partial charge >= 0.3 is 0 Å². The highest BCUT2D eigenvalue weighted by Gasteiger charge is 2.05. The summed E-state index contributed by atoms with van der Waals surface area (Å²) in [5.74, 6) is 0. The molecule has 0 saturated carbocycles. The Labute approximate surface area is 91.3 Å². The zero-order valence-electron chi connectivity index (χ0n) is 8.04. The van der Waals surface area contributed by atoms with Crippen LogP contribution >= 0.6 is 27.3 Å². The third-order valence-electron chi connectivity index (χ3n) is 1.49. The number of hydrogen-bond acceptors (Lipinski definition) is 4. The molecule has 5 heteroatoms. The van der Waals surface area contributed by atoms with E-state index in [0.29, 0.717) is 6.04 Å². The molecule has 0 amide bonds. The van der Waals surface area contributed by atoms with Crippen LogP contribution in [0, 0.1) is 0 Å². The average molecular weight is 264 g/mol. The van der Waals surface area contributed by atoms with Crippen LogP contribution in [-0.4, -0.2) is 36.6 Å². The summed E-state index contributed by atoms with van der Waals surface area (Å²) in [6.45, 7) is 3.16. The van der Waals surface area contributed by atoms with Gasteiger partial charge in [0, 0.05) is 18.0 Å². The van der Waals surface area contributed by atoms with Gasteiger partial charge in [-0.05, 0) is 36.9 Å². The lowest BCUT2D eigenvalue weighted by molar-refractivity contribution is 0.392. The molecule has 0 aliphatic heterocycles. The fourth-order valence-corrected chi connectivity index (χ4v) is 2.38. The van der Waals surface area contributed by atoms with Gasteiger partial charge in [-0.15, -0.1) is 11.3 Å². The Morgan fingerprint density at radius 3 is 2.85 bits per heavy atom. The fraction of sp³-hybridized carbons (Fsp3) is 0.625. The summed E-state index contributed by atoms with van der Waals surface area (Å²) in [4.78, 5) is 6.42. The second-order valence-corrected chi connectivity index (χ2v) is 4.95. The molecule has 0 fully saturated rings. The molecule has 0 radical (unpaired) electrons. The lowest BCUT2D eigenvalue weighted by Gasteiger charge is -2.17. The van der Waals surface area contributed by atoms with E-state index in [0.717, 1.165) is 16.3 Å². The average Bonchev–Trinajstić information content (AvgIpc) is 2.33. The molecular formula is C8H14BrN3S. The summed E-state index contributed by atoms with van der Waals surface area (Å²) in [5, 5.41) is 6.28. The van der Waals surface area contributed by atoms with Gasteiger partial charge in [0.15, 0.2) is 5.13 Å². The molecular weight excluding hydrogens is 250 g/mol. The van der Waals surface area contributed by atoms with Crippen molar-refractivity contribution in [3.63, 3.8) is 0 Å². The van der Waals surface area contributed by atoms with Crippen LogP contribution in [0.3, 0.4) is 0 Å². The Morgan fingerprint density at radius 2 is 2.38 bits per heavy atom. The van der Waals surface area contributed by atoms with Crippen LogP contribution in [-0.2, 0) is 0 Å². The van der Waals surface area contributed by atoms with E-state index in [2.05, 4.69) is 52.1 Å². The first kappa shape index (κ1) is 10.9. The van der Waals surface area contributed by atoms with E-state index < -0.39 is 0 Å². The van der Waals surface area contributed by atoms with E-state index in [4.69, 9.17) is 0 Å². The maximum Gasteiger partial charge on any atom is 0.183 e. The van der Waals surface area contributed by atoms with E-state index in [-0.39, 0.29) is 0 Å². The van der Waals surface area contributed by atoms with Gasteiger partial charge in [-0.2, -0.15) is 0 Å². The Kier molecular flexibility index (Phi) is 4.15. The van der Waals surface area contributed by atoms with Gasteiger partial charge in [0.05, 0.1) is 0 Å². The van der Waals surface area contributed by atoms with Crippen LogP contribution in [0.5, 0.6) is 0 Å². The molecule has 1 N–H and O–H groups in total. The van der Waals surface area contributed by atoms with Crippen LogP contribution in [0.2, 0.25) is 0 Å². The molecule has 0 aromatic carbocycles. The first-order valence-electron chi connectivity index (χ1n) is 4.10. The summed E-state index contributed by atoms with van der Waals surface area (Å²) in [5.41, 5.74) is 0. The molecule has 0 spiro atoms. The highest BCUT2D eigenvalue weighted by atomic mass is 79.9. The van der Waals surface area contributed by atoms with E-state index in [9.17, 15) is 0 Å². The van der Waals surface area contributed by atoms with Crippen molar-refractivity contribution in [1.29, 1.82) is 0 Å². The van der Waals surface area contributed by atoms with Crippen molar-refractivity contribution < 1.29 is 0 Å². The minimum absolute atomic E-state index is 0.424. The van der Waals surface area contributed by atoms with Gasteiger partial charge in [-0.25, -0.2) is 4.98 Å². The molecule has 13 heavy (non-hydrogen) atoms. The van der Waals surface area contributed by atoms with E-state index in [1.54, 1.807) is 11.3 Å². The predicted molar refractivity (Wildman–Crippen MR) is 61.5 cm³/mol. The van der Waals surface area contributed by atoms with Crippen LogP contribution in [0.15, 0.2) is 9.98 Å². The zero-order chi connectivity index (χ0) is 9.84. The van der Waals surface area contributed by atoms with Crippen LogP contribution in [0.1, 0.15) is 6.92 Å². The van der Waals surface area contributed by atoms with E-state index in [1.807, 2.05) is 5.38 Å². The largest absolute Gasteiger partial charge is 0.358 e. The monoisotopic (exact) mass is 263 g/mol. The summed E-state index contributed by atoms with van der Waals surface area (Å²) in [6, 6.07) is 0.424. The summed E-state index contributed by atoms with van der Waals surface area (Å²) >= 11 is 4.94. The number of aromatic nitrogens is 1. The number of likely N-dealkylation sites (N-methyl/N-ethyl adjacent to an activating group) is 1. The van der Waals surface area contributed by atoms with Gasteiger partial charge in [0.2, 0.25) is 0 Å². The van der Waals surface area contributed by atoms with Gasteiger partial charge in [0.25, 0.3) is 0 Å². The number of nitrogens with one attached hydrogen (secondary N) is 1. The van der Waals surface area contributed by atoms with Crippen molar-refractivity contribution in [3.05, 3.63) is 9.98 Å². The maximum absolute atomic E-state index is 4.26. The predicted octanol–water partition coefficient (Wildman–Crippen LogP) is 2.27. The van der Waals surface area contributed by atoms with Crippen molar-refractivity contribution in [2.75, 3.05) is 26.0 Å². The second-order valence-electron chi connectivity index (χ2n) is 3.28.